The minimum Gasteiger partial charge on any atom is -0.338 e. The fourth-order valence-corrected chi connectivity index (χ4v) is 1.77. The number of hydrogen-bond acceptors (Lipinski definition) is 3. The second kappa shape index (κ2) is 8.42. The Kier molecular flexibility index (Phi) is 6.88. The van der Waals surface area contributed by atoms with E-state index >= 15 is 0 Å². The number of likely N-dealkylation sites (N-methyl/N-ethyl adjacent to an activating group) is 1. The Morgan fingerprint density at radius 1 is 1.14 bits per heavy atom. The van der Waals surface area contributed by atoms with Crippen molar-refractivity contribution in [2.24, 2.45) is 5.92 Å². The van der Waals surface area contributed by atoms with E-state index < -0.39 is 6.03 Å². The van der Waals surface area contributed by atoms with Crippen LogP contribution in [0.15, 0.2) is 30.3 Å². The molecule has 116 valence electrons. The first-order valence-corrected chi connectivity index (χ1v) is 7.23. The molecule has 0 saturated carbocycles. The predicted molar refractivity (Wildman–Crippen MR) is 83.8 cm³/mol. The molecule has 1 aromatic carbocycles. The first kappa shape index (κ1) is 17.2. The molecular weight excluding hydrogens is 266 g/mol. The highest BCUT2D eigenvalue weighted by atomic mass is 16.2. The van der Waals surface area contributed by atoms with Gasteiger partial charge in [0, 0.05) is 13.1 Å². The molecule has 0 unspecified atom stereocenters. The molecule has 21 heavy (non-hydrogen) atoms. The molecule has 0 radical (unpaired) electrons. The van der Waals surface area contributed by atoms with Crippen molar-refractivity contribution >= 4 is 11.9 Å². The minimum absolute atomic E-state index is 0.297. The molecule has 0 bridgehead atoms. The SMILES string of the molecule is CC(C)CNC(=O)NC(=O)[C@@H](C)N(C)Cc1ccccc1. The van der Waals surface area contributed by atoms with Gasteiger partial charge in [0.25, 0.3) is 0 Å². The van der Waals surface area contributed by atoms with Crippen LogP contribution in [0.5, 0.6) is 0 Å². The molecule has 3 amide bonds. The molecule has 2 N–H and O–H groups in total. The highest BCUT2D eigenvalue weighted by Gasteiger charge is 2.20. The van der Waals surface area contributed by atoms with Crippen LogP contribution in [0.1, 0.15) is 26.3 Å². The number of imide groups is 1. The third-order valence-corrected chi connectivity index (χ3v) is 3.22. The Hall–Kier alpha value is -1.88. The van der Waals surface area contributed by atoms with Gasteiger partial charge in [-0.25, -0.2) is 4.79 Å². The van der Waals surface area contributed by atoms with Gasteiger partial charge in [-0.3, -0.25) is 15.0 Å². The van der Waals surface area contributed by atoms with Gasteiger partial charge < -0.3 is 5.32 Å². The molecule has 0 saturated heterocycles. The average Bonchev–Trinajstić information content (AvgIpc) is 2.45. The first-order valence-electron chi connectivity index (χ1n) is 7.23. The van der Waals surface area contributed by atoms with Gasteiger partial charge in [-0.1, -0.05) is 44.2 Å². The van der Waals surface area contributed by atoms with E-state index in [4.69, 9.17) is 0 Å². The number of amides is 3. The predicted octanol–water partition coefficient (Wildman–Crippen LogP) is 1.99. The fraction of sp³-hybridized carbons (Fsp3) is 0.500. The summed E-state index contributed by atoms with van der Waals surface area (Å²) < 4.78 is 0. The van der Waals surface area contributed by atoms with E-state index in [-0.39, 0.29) is 11.9 Å². The largest absolute Gasteiger partial charge is 0.338 e. The Morgan fingerprint density at radius 2 is 1.76 bits per heavy atom. The summed E-state index contributed by atoms with van der Waals surface area (Å²) in [5.74, 6) is 0.0544. The number of nitrogens with one attached hydrogen (secondary N) is 2. The zero-order valence-electron chi connectivity index (χ0n) is 13.2. The molecule has 1 rings (SSSR count). The molecule has 0 aromatic heterocycles. The number of carbonyl (C=O) groups excluding carboxylic acids is 2. The van der Waals surface area contributed by atoms with E-state index in [1.807, 2.05) is 56.1 Å². The normalized spacial score (nSPS) is 12.3. The summed E-state index contributed by atoms with van der Waals surface area (Å²) in [6, 6.07) is 9.09. The van der Waals surface area contributed by atoms with Crippen molar-refractivity contribution in [2.45, 2.75) is 33.4 Å². The van der Waals surface area contributed by atoms with Crippen molar-refractivity contribution in [1.29, 1.82) is 0 Å². The van der Waals surface area contributed by atoms with Crippen molar-refractivity contribution in [3.8, 4) is 0 Å². The third kappa shape index (κ3) is 6.40. The van der Waals surface area contributed by atoms with Crippen LogP contribution >= 0.6 is 0 Å². The van der Waals surface area contributed by atoms with Crippen LogP contribution in [-0.2, 0) is 11.3 Å². The molecule has 1 aromatic rings. The quantitative estimate of drug-likeness (QED) is 0.842. The average molecular weight is 291 g/mol. The zero-order chi connectivity index (χ0) is 15.8. The minimum atomic E-state index is -0.436. The highest BCUT2D eigenvalue weighted by molar-refractivity contribution is 5.96. The molecule has 0 aliphatic carbocycles. The summed E-state index contributed by atoms with van der Waals surface area (Å²) in [4.78, 5) is 25.5. The van der Waals surface area contributed by atoms with Crippen molar-refractivity contribution < 1.29 is 9.59 Å². The lowest BCUT2D eigenvalue weighted by atomic mass is 10.2. The summed E-state index contributed by atoms with van der Waals surface area (Å²) in [7, 11) is 1.86. The molecule has 1 atom stereocenters. The Morgan fingerprint density at radius 3 is 2.33 bits per heavy atom. The Bertz CT molecular complexity index is 460. The third-order valence-electron chi connectivity index (χ3n) is 3.22. The molecule has 5 nitrogen and oxygen atoms in total. The summed E-state index contributed by atoms with van der Waals surface area (Å²) in [6.07, 6.45) is 0. The van der Waals surface area contributed by atoms with Gasteiger partial charge in [0.05, 0.1) is 6.04 Å². The van der Waals surface area contributed by atoms with Crippen molar-refractivity contribution in [1.82, 2.24) is 15.5 Å². The Labute approximate surface area is 126 Å². The molecule has 0 heterocycles. The summed E-state index contributed by atoms with van der Waals surface area (Å²) >= 11 is 0. The van der Waals surface area contributed by atoms with Crippen LogP contribution in [0, 0.1) is 5.92 Å². The maximum atomic E-state index is 12.0. The van der Waals surface area contributed by atoms with Gasteiger partial charge in [-0.15, -0.1) is 0 Å². The van der Waals surface area contributed by atoms with E-state index in [1.54, 1.807) is 6.92 Å². The number of rotatable bonds is 6. The van der Waals surface area contributed by atoms with Gasteiger partial charge in [0.15, 0.2) is 0 Å². The second-order valence-electron chi connectivity index (χ2n) is 5.67. The topological polar surface area (TPSA) is 61.4 Å². The van der Waals surface area contributed by atoms with Crippen LogP contribution in [0.4, 0.5) is 4.79 Å². The van der Waals surface area contributed by atoms with Gasteiger partial charge in [-0.2, -0.15) is 0 Å². The molecule has 0 fully saturated rings. The van der Waals surface area contributed by atoms with E-state index in [0.29, 0.717) is 19.0 Å². The fourth-order valence-electron chi connectivity index (χ4n) is 1.77. The van der Waals surface area contributed by atoms with Crippen LogP contribution in [-0.4, -0.2) is 36.5 Å². The summed E-state index contributed by atoms with van der Waals surface area (Å²) in [5, 5.41) is 5.04. The molecular formula is C16H25N3O2. The molecule has 0 aliphatic rings. The van der Waals surface area contributed by atoms with Crippen molar-refractivity contribution in [2.75, 3.05) is 13.6 Å². The number of urea groups is 1. The van der Waals surface area contributed by atoms with Crippen molar-refractivity contribution in [3.63, 3.8) is 0 Å². The zero-order valence-corrected chi connectivity index (χ0v) is 13.2. The molecule has 5 heteroatoms. The summed E-state index contributed by atoms with van der Waals surface area (Å²) in [6.45, 7) is 6.99. The van der Waals surface area contributed by atoms with Crippen LogP contribution in [0.2, 0.25) is 0 Å². The van der Waals surface area contributed by atoms with E-state index in [0.717, 1.165) is 5.56 Å². The lowest BCUT2D eigenvalue weighted by Gasteiger charge is -2.23. The lowest BCUT2D eigenvalue weighted by molar-refractivity contribution is -0.124. The molecule has 0 aliphatic heterocycles. The van der Waals surface area contributed by atoms with Crippen LogP contribution < -0.4 is 10.6 Å². The highest BCUT2D eigenvalue weighted by Crippen LogP contribution is 2.06. The number of hydrogen-bond donors (Lipinski definition) is 2. The van der Waals surface area contributed by atoms with Gasteiger partial charge in [0.1, 0.15) is 0 Å². The van der Waals surface area contributed by atoms with E-state index in [1.165, 1.54) is 0 Å². The van der Waals surface area contributed by atoms with Gasteiger partial charge in [0.2, 0.25) is 5.91 Å². The van der Waals surface area contributed by atoms with E-state index in [9.17, 15) is 9.59 Å². The number of carbonyl (C=O) groups is 2. The van der Waals surface area contributed by atoms with Crippen LogP contribution in [0.25, 0.3) is 0 Å². The van der Waals surface area contributed by atoms with Crippen LogP contribution in [0.3, 0.4) is 0 Å². The maximum Gasteiger partial charge on any atom is 0.321 e. The van der Waals surface area contributed by atoms with Gasteiger partial charge in [-0.05, 0) is 25.5 Å². The van der Waals surface area contributed by atoms with Gasteiger partial charge >= 0.3 is 6.03 Å². The first-order chi connectivity index (χ1) is 9.90. The lowest BCUT2D eigenvalue weighted by Crippen LogP contribution is -2.48. The van der Waals surface area contributed by atoms with E-state index in [2.05, 4.69) is 10.6 Å². The maximum absolute atomic E-state index is 12.0. The molecule has 0 spiro atoms. The van der Waals surface area contributed by atoms with Crippen molar-refractivity contribution in [3.05, 3.63) is 35.9 Å². The smallest absolute Gasteiger partial charge is 0.321 e. The number of benzene rings is 1. The summed E-state index contributed by atoms with van der Waals surface area (Å²) in [5.41, 5.74) is 1.13. The number of nitrogens with zero attached hydrogens (tertiary/aromatic N) is 1. The Balaban J connectivity index is 2.44. The monoisotopic (exact) mass is 291 g/mol. The standard InChI is InChI=1S/C16H25N3O2/c1-12(2)10-17-16(21)18-15(20)13(3)19(4)11-14-8-6-5-7-9-14/h5-9,12-13H,10-11H2,1-4H3,(H2,17,18,20,21)/t13-/m1/s1. The second-order valence-corrected chi connectivity index (χ2v) is 5.67.